The largest absolute Gasteiger partial charge is 0.618 e. The molecule has 0 aliphatic carbocycles. The summed E-state index contributed by atoms with van der Waals surface area (Å²) in [5, 5.41) is 16.1. The summed E-state index contributed by atoms with van der Waals surface area (Å²) < 4.78 is 29.4. The summed E-state index contributed by atoms with van der Waals surface area (Å²) in [5.41, 5.74) is 2.26. The molecule has 0 saturated carbocycles. The van der Waals surface area contributed by atoms with E-state index in [9.17, 15) is 23.2 Å². The standard InChI is InChI=1S/C31H28ClN7O5S/c32-24-9-10-26-22(14-24)15-29(36-26)45(43,44)37-12-13-38(25(20-37)16-28(40)33-17-21-6-2-1-3-7-21)31(41)30-34-18-23(19-35-30)27-8-4-5-11-39(27)42/h1-11,14-15,18-19,25,36H,12-13,16-17,20H2,(H,33,40). The Bertz CT molecular complexity index is 1970. The molecule has 14 heteroatoms. The van der Waals surface area contributed by atoms with Gasteiger partial charge in [0.2, 0.25) is 17.4 Å². The molecule has 1 aliphatic heterocycles. The van der Waals surface area contributed by atoms with E-state index in [0.717, 1.165) is 5.56 Å². The Kier molecular flexibility index (Phi) is 8.48. The highest BCUT2D eigenvalue weighted by Gasteiger charge is 2.39. The summed E-state index contributed by atoms with van der Waals surface area (Å²) in [7, 11) is -4.01. The Balaban J connectivity index is 1.24. The second-order valence-electron chi connectivity index (χ2n) is 10.6. The van der Waals surface area contributed by atoms with Gasteiger partial charge in [-0.15, -0.1) is 0 Å². The Morgan fingerprint density at radius 1 is 1.02 bits per heavy atom. The number of benzene rings is 2. The lowest BCUT2D eigenvalue weighted by molar-refractivity contribution is -0.593. The number of hydrogen-bond donors (Lipinski definition) is 2. The van der Waals surface area contributed by atoms with Crippen molar-refractivity contribution in [2.75, 3.05) is 19.6 Å². The van der Waals surface area contributed by atoms with Gasteiger partial charge in [0, 0.05) is 73.1 Å². The van der Waals surface area contributed by atoms with Crippen LogP contribution in [0.1, 0.15) is 22.6 Å². The van der Waals surface area contributed by atoms with Crippen molar-refractivity contribution in [3.05, 3.63) is 113 Å². The number of amides is 2. The summed E-state index contributed by atoms with van der Waals surface area (Å²) in [6.45, 7) is 0.153. The first-order chi connectivity index (χ1) is 21.7. The Morgan fingerprint density at radius 3 is 2.53 bits per heavy atom. The average Bonchev–Trinajstić information content (AvgIpc) is 3.49. The number of aromatic amines is 1. The van der Waals surface area contributed by atoms with Crippen molar-refractivity contribution in [1.29, 1.82) is 0 Å². The number of piperazine rings is 1. The topological polar surface area (TPSA) is 155 Å². The molecule has 0 radical (unpaired) electrons. The lowest BCUT2D eigenvalue weighted by Gasteiger charge is -2.40. The molecular formula is C31H28ClN7O5S. The Hall–Kier alpha value is -4.85. The van der Waals surface area contributed by atoms with Crippen LogP contribution in [-0.2, 0) is 21.4 Å². The summed E-state index contributed by atoms with van der Waals surface area (Å²) in [5.74, 6) is -1.03. The number of carbonyl (C=O) groups is 2. The van der Waals surface area contributed by atoms with Crippen LogP contribution in [0, 0.1) is 5.21 Å². The number of halogens is 1. The predicted molar refractivity (Wildman–Crippen MR) is 166 cm³/mol. The van der Waals surface area contributed by atoms with Crippen molar-refractivity contribution >= 4 is 44.3 Å². The number of carbonyl (C=O) groups excluding carboxylic acids is 2. The van der Waals surface area contributed by atoms with Crippen LogP contribution in [0.25, 0.3) is 22.2 Å². The maximum absolute atomic E-state index is 13.7. The van der Waals surface area contributed by atoms with Gasteiger partial charge in [-0.25, -0.2) is 18.4 Å². The van der Waals surface area contributed by atoms with E-state index in [-0.39, 0.29) is 49.4 Å². The van der Waals surface area contributed by atoms with Gasteiger partial charge in [0.1, 0.15) is 5.03 Å². The quantitative estimate of drug-likeness (QED) is 0.194. The van der Waals surface area contributed by atoms with E-state index in [1.807, 2.05) is 30.3 Å². The number of hydrogen-bond acceptors (Lipinski definition) is 7. The molecule has 2 aromatic carbocycles. The van der Waals surface area contributed by atoms with Crippen molar-refractivity contribution < 1.29 is 22.7 Å². The zero-order valence-electron chi connectivity index (χ0n) is 23.8. The second-order valence-corrected chi connectivity index (χ2v) is 12.9. The van der Waals surface area contributed by atoms with Crippen molar-refractivity contribution in [1.82, 2.24) is 29.5 Å². The molecule has 0 bridgehead atoms. The number of H-pyrrole nitrogens is 1. The molecule has 5 aromatic rings. The average molecular weight is 646 g/mol. The highest BCUT2D eigenvalue weighted by Crippen LogP contribution is 2.27. The first kappa shape index (κ1) is 30.2. The number of pyridine rings is 1. The third-order valence-electron chi connectivity index (χ3n) is 7.60. The minimum atomic E-state index is -4.01. The number of rotatable bonds is 8. The van der Waals surface area contributed by atoms with E-state index < -0.39 is 22.0 Å². The van der Waals surface area contributed by atoms with Crippen LogP contribution in [-0.4, -0.2) is 70.1 Å². The monoisotopic (exact) mass is 645 g/mol. The van der Waals surface area contributed by atoms with Crippen molar-refractivity contribution in [3.63, 3.8) is 0 Å². The van der Waals surface area contributed by atoms with E-state index in [1.165, 1.54) is 33.9 Å². The molecule has 230 valence electrons. The van der Waals surface area contributed by atoms with E-state index >= 15 is 0 Å². The van der Waals surface area contributed by atoms with Crippen LogP contribution in [0.2, 0.25) is 5.02 Å². The van der Waals surface area contributed by atoms with E-state index in [0.29, 0.717) is 31.9 Å². The zero-order valence-corrected chi connectivity index (χ0v) is 25.4. The maximum Gasteiger partial charge on any atom is 0.292 e. The van der Waals surface area contributed by atoms with Gasteiger partial charge >= 0.3 is 0 Å². The third kappa shape index (κ3) is 6.50. The fourth-order valence-electron chi connectivity index (χ4n) is 5.28. The molecule has 1 unspecified atom stereocenters. The molecule has 1 atom stereocenters. The molecule has 2 N–H and O–H groups in total. The van der Waals surface area contributed by atoms with Crippen LogP contribution < -0.4 is 10.0 Å². The maximum atomic E-state index is 13.7. The fraction of sp³-hybridized carbons (Fsp3) is 0.194. The van der Waals surface area contributed by atoms with E-state index in [1.54, 1.807) is 36.4 Å². The lowest BCUT2D eigenvalue weighted by Crippen LogP contribution is -2.57. The molecule has 4 heterocycles. The van der Waals surface area contributed by atoms with Gasteiger partial charge in [0.25, 0.3) is 15.9 Å². The number of nitrogens with zero attached hydrogens (tertiary/aromatic N) is 5. The first-order valence-electron chi connectivity index (χ1n) is 14.1. The molecular weight excluding hydrogens is 618 g/mol. The minimum absolute atomic E-state index is 0.00507. The molecule has 0 spiro atoms. The number of aromatic nitrogens is 4. The van der Waals surface area contributed by atoms with E-state index in [4.69, 9.17) is 11.6 Å². The summed E-state index contributed by atoms with van der Waals surface area (Å²) in [4.78, 5) is 39.6. The van der Waals surface area contributed by atoms with Gasteiger partial charge in [0.15, 0.2) is 6.20 Å². The molecule has 2 amide bonds. The van der Waals surface area contributed by atoms with Gasteiger partial charge in [-0.2, -0.15) is 9.04 Å². The number of sulfonamides is 1. The van der Waals surface area contributed by atoms with Crippen molar-refractivity contribution in [3.8, 4) is 11.3 Å². The summed E-state index contributed by atoms with van der Waals surface area (Å²) in [6, 6.07) is 20.0. The van der Waals surface area contributed by atoms with Crippen LogP contribution in [0.4, 0.5) is 0 Å². The molecule has 1 fully saturated rings. The lowest BCUT2D eigenvalue weighted by atomic mass is 10.1. The van der Waals surface area contributed by atoms with Crippen molar-refractivity contribution in [2.24, 2.45) is 0 Å². The minimum Gasteiger partial charge on any atom is -0.618 e. The second kappa shape index (κ2) is 12.6. The Labute approximate surface area is 263 Å². The zero-order chi connectivity index (χ0) is 31.6. The van der Waals surface area contributed by atoms with Gasteiger partial charge in [-0.3, -0.25) is 9.59 Å². The van der Waals surface area contributed by atoms with Crippen LogP contribution in [0.15, 0.2) is 96.4 Å². The SMILES string of the molecule is O=C(CC1CN(S(=O)(=O)c2cc3cc(Cl)ccc3[nH]2)CCN1C(=O)c1ncc(-c2cccc[n+]2[O-])cn1)NCc1ccccc1. The van der Waals surface area contributed by atoms with E-state index in [2.05, 4.69) is 20.3 Å². The fourth-order valence-corrected chi connectivity index (χ4v) is 6.94. The molecule has 45 heavy (non-hydrogen) atoms. The number of fused-ring (bicyclic) bond motifs is 1. The molecule has 12 nitrogen and oxygen atoms in total. The van der Waals surface area contributed by atoms with Gasteiger partial charge in [-0.1, -0.05) is 41.9 Å². The van der Waals surface area contributed by atoms with Crippen LogP contribution in [0.3, 0.4) is 0 Å². The normalized spacial score (nSPS) is 15.7. The van der Waals surface area contributed by atoms with Gasteiger partial charge in [-0.05, 0) is 35.9 Å². The molecule has 1 aliphatic rings. The molecule has 6 rings (SSSR count). The van der Waals surface area contributed by atoms with Gasteiger partial charge < -0.3 is 20.4 Å². The third-order valence-corrected chi connectivity index (χ3v) is 9.62. The smallest absolute Gasteiger partial charge is 0.292 e. The molecule has 1 saturated heterocycles. The number of nitrogens with one attached hydrogen (secondary N) is 2. The summed E-state index contributed by atoms with van der Waals surface area (Å²) in [6.07, 6.45) is 3.97. The van der Waals surface area contributed by atoms with Crippen LogP contribution >= 0.6 is 11.6 Å². The van der Waals surface area contributed by atoms with Gasteiger partial charge in [0.05, 0.1) is 11.6 Å². The molecule has 3 aromatic heterocycles. The highest BCUT2D eigenvalue weighted by molar-refractivity contribution is 7.89. The van der Waals surface area contributed by atoms with Crippen molar-refractivity contribution in [2.45, 2.75) is 24.0 Å². The highest BCUT2D eigenvalue weighted by atomic mass is 35.5. The first-order valence-corrected chi connectivity index (χ1v) is 15.9. The van der Waals surface area contributed by atoms with Crippen LogP contribution in [0.5, 0.6) is 0 Å². The Morgan fingerprint density at radius 2 is 1.78 bits per heavy atom. The summed E-state index contributed by atoms with van der Waals surface area (Å²) >= 11 is 6.09. The predicted octanol–water partition coefficient (Wildman–Crippen LogP) is 3.13.